The van der Waals surface area contributed by atoms with Gasteiger partial charge in [0.05, 0.1) is 11.0 Å². The zero-order valence-corrected chi connectivity index (χ0v) is 18.7. The van der Waals surface area contributed by atoms with Crippen molar-refractivity contribution >= 4 is 16.6 Å². The first-order chi connectivity index (χ1) is 14.9. The number of dihydropyridines is 1. The second-order valence-corrected chi connectivity index (χ2v) is 8.21. The van der Waals surface area contributed by atoms with Crippen molar-refractivity contribution in [2.75, 3.05) is 6.54 Å². The normalized spacial score (nSPS) is 19.9. The third-order valence-corrected chi connectivity index (χ3v) is 5.14. The number of benzene rings is 1. The van der Waals surface area contributed by atoms with Crippen molar-refractivity contribution in [3.05, 3.63) is 101 Å². The molecule has 1 atom stereocenters. The Morgan fingerprint density at radius 2 is 1.90 bits per heavy atom. The molecule has 3 rings (SSSR count). The van der Waals surface area contributed by atoms with E-state index in [0.29, 0.717) is 5.92 Å². The van der Waals surface area contributed by atoms with Gasteiger partial charge in [-0.25, -0.2) is 4.79 Å². The third-order valence-electron chi connectivity index (χ3n) is 5.14. The number of allylic oxidation sites excluding steroid dienone is 8. The maximum Gasteiger partial charge on any atom is 0.323 e. The minimum Gasteiger partial charge on any atom is -0.370 e. The van der Waals surface area contributed by atoms with Gasteiger partial charge in [0.1, 0.15) is 5.66 Å². The highest BCUT2D eigenvalue weighted by Gasteiger charge is 2.21. The van der Waals surface area contributed by atoms with Crippen LogP contribution in [-0.4, -0.2) is 22.2 Å². The van der Waals surface area contributed by atoms with Crippen LogP contribution >= 0.6 is 0 Å². The summed E-state index contributed by atoms with van der Waals surface area (Å²) < 4.78 is 0. The van der Waals surface area contributed by atoms with E-state index in [0.717, 1.165) is 28.7 Å². The molecule has 0 bridgehead atoms. The summed E-state index contributed by atoms with van der Waals surface area (Å²) in [6.45, 7) is 9.24. The topological polar surface area (TPSA) is 72.7 Å². The molecule has 0 fully saturated rings. The molecule has 4 N–H and O–H groups in total. The molecule has 5 nitrogen and oxygen atoms in total. The summed E-state index contributed by atoms with van der Waals surface area (Å²) in [5, 5.41) is 7.03. The van der Waals surface area contributed by atoms with Gasteiger partial charge < -0.3 is 15.3 Å². The Hall–Kier alpha value is -3.31. The third kappa shape index (κ3) is 6.33. The SMILES string of the molecule is C/C=C(/C=C\C=C\C=C/C(C)C)CN[C@]1(C)C=CC(c2ccc3[nH]c(=O)[nH]c3c2)=CN1. The van der Waals surface area contributed by atoms with Crippen LogP contribution in [0.4, 0.5) is 0 Å². The minimum absolute atomic E-state index is 0.188. The van der Waals surface area contributed by atoms with Crippen LogP contribution in [0.3, 0.4) is 0 Å². The molecule has 1 aliphatic rings. The molecule has 162 valence electrons. The number of hydrogen-bond donors (Lipinski definition) is 4. The molecule has 0 amide bonds. The molecule has 0 radical (unpaired) electrons. The second kappa shape index (κ2) is 10.1. The van der Waals surface area contributed by atoms with E-state index in [9.17, 15) is 4.79 Å². The van der Waals surface area contributed by atoms with Gasteiger partial charge in [-0.3, -0.25) is 5.32 Å². The molecular weight excluding hydrogens is 384 g/mol. The van der Waals surface area contributed by atoms with E-state index in [1.807, 2.05) is 30.5 Å². The first kappa shape index (κ1) is 22.4. The Morgan fingerprint density at radius 1 is 1.13 bits per heavy atom. The van der Waals surface area contributed by atoms with Gasteiger partial charge in [0, 0.05) is 12.7 Å². The number of aromatic amines is 2. The summed E-state index contributed by atoms with van der Waals surface area (Å²) >= 11 is 0. The Morgan fingerprint density at radius 3 is 2.61 bits per heavy atom. The second-order valence-electron chi connectivity index (χ2n) is 8.21. The highest BCUT2D eigenvalue weighted by molar-refractivity contribution is 5.83. The lowest BCUT2D eigenvalue weighted by Gasteiger charge is -2.31. The Labute approximate surface area is 184 Å². The number of hydrogen-bond acceptors (Lipinski definition) is 3. The molecule has 0 saturated heterocycles. The van der Waals surface area contributed by atoms with Crippen molar-refractivity contribution in [1.82, 2.24) is 20.6 Å². The number of imidazole rings is 1. The summed E-state index contributed by atoms with van der Waals surface area (Å²) in [6, 6.07) is 5.90. The first-order valence-electron chi connectivity index (χ1n) is 10.7. The number of nitrogens with one attached hydrogen (secondary N) is 4. The summed E-state index contributed by atoms with van der Waals surface area (Å²) in [4.78, 5) is 17.1. The van der Waals surface area contributed by atoms with E-state index in [4.69, 9.17) is 0 Å². The monoisotopic (exact) mass is 416 g/mol. The van der Waals surface area contributed by atoms with Crippen LogP contribution in [0.1, 0.15) is 33.3 Å². The van der Waals surface area contributed by atoms with E-state index < -0.39 is 0 Å². The molecule has 0 spiro atoms. The van der Waals surface area contributed by atoms with Gasteiger partial charge in [0.25, 0.3) is 0 Å². The average Bonchev–Trinajstić information content (AvgIpc) is 3.12. The summed E-state index contributed by atoms with van der Waals surface area (Å²) in [7, 11) is 0. The van der Waals surface area contributed by atoms with Crippen molar-refractivity contribution in [3.8, 4) is 0 Å². The number of H-pyrrole nitrogens is 2. The smallest absolute Gasteiger partial charge is 0.323 e. The molecule has 5 heteroatoms. The predicted molar refractivity (Wildman–Crippen MR) is 132 cm³/mol. The zero-order valence-electron chi connectivity index (χ0n) is 18.7. The maximum atomic E-state index is 11.5. The number of fused-ring (bicyclic) bond motifs is 1. The van der Waals surface area contributed by atoms with Crippen LogP contribution in [0, 0.1) is 5.92 Å². The van der Waals surface area contributed by atoms with Crippen LogP contribution in [0.5, 0.6) is 0 Å². The number of aromatic nitrogens is 2. The van der Waals surface area contributed by atoms with Gasteiger partial charge in [-0.05, 0) is 54.7 Å². The van der Waals surface area contributed by atoms with Crippen LogP contribution < -0.4 is 16.3 Å². The lowest BCUT2D eigenvalue weighted by Crippen LogP contribution is -2.52. The van der Waals surface area contributed by atoms with Gasteiger partial charge in [-0.2, -0.15) is 0 Å². The fourth-order valence-electron chi connectivity index (χ4n) is 3.22. The van der Waals surface area contributed by atoms with Gasteiger partial charge in [-0.1, -0.05) is 68.5 Å². The van der Waals surface area contributed by atoms with Crippen molar-refractivity contribution in [2.45, 2.75) is 33.4 Å². The van der Waals surface area contributed by atoms with Crippen LogP contribution in [0.2, 0.25) is 0 Å². The van der Waals surface area contributed by atoms with Crippen LogP contribution in [0.25, 0.3) is 16.6 Å². The van der Waals surface area contributed by atoms with E-state index in [1.165, 1.54) is 5.57 Å². The predicted octanol–water partition coefficient (Wildman–Crippen LogP) is 4.93. The van der Waals surface area contributed by atoms with Crippen molar-refractivity contribution < 1.29 is 0 Å². The molecule has 0 saturated carbocycles. The molecule has 31 heavy (non-hydrogen) atoms. The van der Waals surface area contributed by atoms with E-state index in [1.54, 1.807) is 0 Å². The standard InChI is InChI=1S/C26H32N4O/c1-5-20(11-9-7-6-8-10-19(2)3)17-27-26(4)15-14-22(18-28-26)21-12-13-23-24(16-21)30-25(31)29-23/h5-16,18-19,27-28H,17H2,1-4H3,(H2,29,30,31)/b7-6+,10-8-,11-9-,20-5-/t26-/m0/s1. The highest BCUT2D eigenvalue weighted by atomic mass is 16.1. The lowest BCUT2D eigenvalue weighted by molar-refractivity contribution is 0.408. The Kier molecular flexibility index (Phi) is 7.32. The van der Waals surface area contributed by atoms with E-state index >= 15 is 0 Å². The minimum atomic E-state index is -0.339. The van der Waals surface area contributed by atoms with Gasteiger partial charge in [-0.15, -0.1) is 0 Å². The Balaban J connectivity index is 1.57. The fourth-order valence-corrected chi connectivity index (χ4v) is 3.22. The zero-order chi connectivity index (χ0) is 22.3. The van der Waals surface area contributed by atoms with Crippen molar-refractivity contribution in [3.63, 3.8) is 0 Å². The van der Waals surface area contributed by atoms with Crippen molar-refractivity contribution in [1.29, 1.82) is 0 Å². The van der Waals surface area contributed by atoms with E-state index in [-0.39, 0.29) is 11.4 Å². The first-order valence-corrected chi connectivity index (χ1v) is 10.7. The van der Waals surface area contributed by atoms with Gasteiger partial charge in [0.15, 0.2) is 0 Å². The fraction of sp³-hybridized carbons (Fsp3) is 0.269. The van der Waals surface area contributed by atoms with Crippen molar-refractivity contribution in [2.24, 2.45) is 5.92 Å². The summed E-state index contributed by atoms with van der Waals surface area (Å²) in [6.07, 6.45) is 20.9. The molecular formula is C26H32N4O. The Bertz CT molecular complexity index is 1140. The van der Waals surface area contributed by atoms with E-state index in [2.05, 4.69) is 96.9 Å². The average molecular weight is 417 g/mol. The maximum absolute atomic E-state index is 11.5. The largest absolute Gasteiger partial charge is 0.370 e. The molecule has 1 aromatic heterocycles. The van der Waals surface area contributed by atoms with Crippen LogP contribution in [-0.2, 0) is 0 Å². The number of rotatable bonds is 8. The highest BCUT2D eigenvalue weighted by Crippen LogP contribution is 2.23. The molecule has 1 aliphatic heterocycles. The molecule has 2 aromatic rings. The molecule has 2 heterocycles. The lowest BCUT2D eigenvalue weighted by atomic mass is 10.00. The van der Waals surface area contributed by atoms with Gasteiger partial charge >= 0.3 is 5.69 Å². The van der Waals surface area contributed by atoms with Gasteiger partial charge in [0.2, 0.25) is 0 Å². The quantitative estimate of drug-likeness (QED) is 0.461. The molecule has 0 unspecified atom stereocenters. The molecule has 1 aromatic carbocycles. The van der Waals surface area contributed by atoms with Crippen LogP contribution in [0.15, 0.2) is 89.5 Å². The molecule has 0 aliphatic carbocycles. The summed E-state index contributed by atoms with van der Waals surface area (Å²) in [5.74, 6) is 0.566. The summed E-state index contributed by atoms with van der Waals surface area (Å²) in [5.41, 5.74) is 4.41.